The summed E-state index contributed by atoms with van der Waals surface area (Å²) in [6.07, 6.45) is 8.57. The zero-order chi connectivity index (χ0) is 26.3. The number of aryl methyl sites for hydroxylation is 1. The van der Waals surface area contributed by atoms with Gasteiger partial charge in [0.25, 0.3) is 0 Å². The Kier molecular flexibility index (Phi) is 20.7. The molecule has 9 heteroatoms. The van der Waals surface area contributed by atoms with Gasteiger partial charge >= 0.3 is 0 Å². The summed E-state index contributed by atoms with van der Waals surface area (Å²) in [5.41, 5.74) is 0.811. The Bertz CT molecular complexity index is 639. The van der Waals surface area contributed by atoms with E-state index in [0.29, 0.717) is 84.0 Å². The fraction of sp³-hybridized carbons (Fsp3) is 0.889. The quantitative estimate of drug-likeness (QED) is 0.168. The fourth-order valence-corrected chi connectivity index (χ4v) is 3.49. The second-order valence-electron chi connectivity index (χ2n) is 9.96. The van der Waals surface area contributed by atoms with Crippen molar-refractivity contribution >= 4 is 5.78 Å². The van der Waals surface area contributed by atoms with Gasteiger partial charge in [0, 0.05) is 26.0 Å². The highest BCUT2D eigenvalue weighted by Gasteiger charge is 2.05. The number of ether oxygens (including phenoxy) is 5. The Morgan fingerprint density at radius 2 is 1.33 bits per heavy atom. The van der Waals surface area contributed by atoms with E-state index in [0.717, 1.165) is 50.4 Å². The van der Waals surface area contributed by atoms with Gasteiger partial charge in [0.2, 0.25) is 0 Å². The number of hydrogen-bond acceptors (Lipinski definition) is 8. The molecule has 0 amide bonds. The molecule has 0 bridgehead atoms. The lowest BCUT2D eigenvalue weighted by Gasteiger charge is -2.08. The number of hydrogen-bond donors (Lipinski definition) is 0. The van der Waals surface area contributed by atoms with Gasteiger partial charge in [-0.2, -0.15) is 0 Å². The average molecular weight is 514 g/mol. The monoisotopic (exact) mass is 513 g/mol. The van der Waals surface area contributed by atoms with E-state index < -0.39 is 0 Å². The minimum Gasteiger partial charge on any atom is -0.379 e. The second-order valence-corrected chi connectivity index (χ2v) is 9.96. The van der Waals surface area contributed by atoms with Crippen LogP contribution in [0.15, 0.2) is 6.20 Å². The summed E-state index contributed by atoms with van der Waals surface area (Å²) in [6.45, 7) is 15.1. The van der Waals surface area contributed by atoms with Crippen molar-refractivity contribution in [3.8, 4) is 0 Å². The van der Waals surface area contributed by atoms with Gasteiger partial charge in [0.05, 0.1) is 65.7 Å². The third kappa shape index (κ3) is 20.8. The molecule has 0 N–H and O–H groups in total. The molecule has 0 atom stereocenters. The van der Waals surface area contributed by atoms with Gasteiger partial charge in [-0.25, -0.2) is 0 Å². The Morgan fingerprint density at radius 3 is 1.92 bits per heavy atom. The second kappa shape index (κ2) is 22.8. The first-order chi connectivity index (χ1) is 17.5. The molecule has 1 heterocycles. The SMILES string of the molecule is CC(C)CCCOCCOCCOCCOCCOCc1cn(CCCCCC(=O)CC(C)C)nn1. The third-order valence-electron chi connectivity index (χ3n) is 5.37. The molecule has 1 aromatic heterocycles. The van der Waals surface area contributed by atoms with Gasteiger partial charge in [0.15, 0.2) is 0 Å². The molecule has 0 aliphatic carbocycles. The minimum absolute atomic E-state index is 0.371. The summed E-state index contributed by atoms with van der Waals surface area (Å²) >= 11 is 0. The van der Waals surface area contributed by atoms with E-state index >= 15 is 0 Å². The van der Waals surface area contributed by atoms with Crippen LogP contribution in [0.2, 0.25) is 0 Å². The van der Waals surface area contributed by atoms with E-state index in [1.54, 1.807) is 0 Å². The van der Waals surface area contributed by atoms with E-state index in [2.05, 4.69) is 38.0 Å². The topological polar surface area (TPSA) is 93.9 Å². The van der Waals surface area contributed by atoms with Crippen molar-refractivity contribution in [2.75, 3.05) is 59.5 Å². The molecule has 0 saturated heterocycles. The van der Waals surface area contributed by atoms with E-state index in [1.165, 1.54) is 6.42 Å². The summed E-state index contributed by atoms with van der Waals surface area (Å²) < 4.78 is 29.5. The van der Waals surface area contributed by atoms with Crippen molar-refractivity contribution in [3.63, 3.8) is 0 Å². The van der Waals surface area contributed by atoms with Gasteiger partial charge in [-0.05, 0) is 37.5 Å². The largest absolute Gasteiger partial charge is 0.379 e. The average Bonchev–Trinajstić information content (AvgIpc) is 3.27. The van der Waals surface area contributed by atoms with Gasteiger partial charge in [0.1, 0.15) is 11.5 Å². The highest BCUT2D eigenvalue weighted by atomic mass is 16.6. The van der Waals surface area contributed by atoms with E-state index in [9.17, 15) is 4.79 Å². The lowest BCUT2D eigenvalue weighted by molar-refractivity contribution is -0.119. The Labute approximate surface area is 218 Å². The van der Waals surface area contributed by atoms with Crippen LogP contribution in [0.4, 0.5) is 0 Å². The standard InChI is InChI=1S/C27H51N3O6/c1-24(2)9-8-12-32-13-14-33-15-16-34-17-18-35-19-20-36-23-26-22-30(29-28-26)11-7-5-6-10-27(31)21-25(3)4/h22,24-25H,5-21,23H2,1-4H3. The van der Waals surface area contributed by atoms with Crippen LogP contribution < -0.4 is 0 Å². The zero-order valence-corrected chi connectivity index (χ0v) is 23.3. The van der Waals surface area contributed by atoms with Crippen molar-refractivity contribution in [2.24, 2.45) is 11.8 Å². The summed E-state index contributed by atoms with van der Waals surface area (Å²) in [6, 6.07) is 0. The van der Waals surface area contributed by atoms with Crippen molar-refractivity contribution < 1.29 is 28.5 Å². The molecule has 0 aliphatic rings. The van der Waals surface area contributed by atoms with E-state index in [-0.39, 0.29) is 0 Å². The van der Waals surface area contributed by atoms with Crippen molar-refractivity contribution in [1.82, 2.24) is 15.0 Å². The molecule has 0 spiro atoms. The van der Waals surface area contributed by atoms with Crippen molar-refractivity contribution in [3.05, 3.63) is 11.9 Å². The number of rotatable bonds is 26. The smallest absolute Gasteiger partial charge is 0.133 e. The van der Waals surface area contributed by atoms with Gasteiger partial charge in [-0.1, -0.05) is 39.3 Å². The van der Waals surface area contributed by atoms with E-state index in [1.807, 2.05) is 10.9 Å². The zero-order valence-electron chi connectivity index (χ0n) is 23.3. The molecule has 0 saturated carbocycles. The van der Waals surface area contributed by atoms with E-state index in [4.69, 9.17) is 23.7 Å². The van der Waals surface area contributed by atoms with Crippen LogP contribution in [-0.4, -0.2) is 80.2 Å². The maximum atomic E-state index is 11.7. The number of nitrogens with zero attached hydrogens (tertiary/aromatic N) is 3. The van der Waals surface area contributed by atoms with Crippen molar-refractivity contribution in [1.29, 1.82) is 0 Å². The molecule has 1 rings (SSSR count). The highest BCUT2D eigenvalue weighted by molar-refractivity contribution is 5.78. The maximum Gasteiger partial charge on any atom is 0.133 e. The van der Waals surface area contributed by atoms with Crippen LogP contribution in [0.5, 0.6) is 0 Å². The van der Waals surface area contributed by atoms with Gasteiger partial charge in [-0.15, -0.1) is 5.10 Å². The first-order valence-electron chi connectivity index (χ1n) is 13.8. The predicted molar refractivity (Wildman–Crippen MR) is 140 cm³/mol. The minimum atomic E-state index is 0.371. The predicted octanol–water partition coefficient (Wildman–Crippen LogP) is 4.47. The van der Waals surface area contributed by atoms with Gasteiger partial charge in [-0.3, -0.25) is 9.48 Å². The first-order valence-corrected chi connectivity index (χ1v) is 13.8. The summed E-state index contributed by atoms with van der Waals surface area (Å²) in [4.78, 5) is 11.7. The summed E-state index contributed by atoms with van der Waals surface area (Å²) in [5.74, 6) is 1.55. The molecule has 0 radical (unpaired) electrons. The van der Waals surface area contributed by atoms with Crippen LogP contribution in [-0.2, 0) is 41.6 Å². The van der Waals surface area contributed by atoms with Crippen LogP contribution in [0.3, 0.4) is 0 Å². The molecule has 0 unspecified atom stereocenters. The van der Waals surface area contributed by atoms with Crippen molar-refractivity contribution in [2.45, 2.75) is 85.8 Å². The molecule has 36 heavy (non-hydrogen) atoms. The van der Waals surface area contributed by atoms with Crippen LogP contribution in [0.1, 0.15) is 78.3 Å². The maximum absolute atomic E-state index is 11.7. The Morgan fingerprint density at radius 1 is 0.750 bits per heavy atom. The number of ketones is 1. The molecular weight excluding hydrogens is 462 g/mol. The Balaban J connectivity index is 1.83. The first kappa shape index (κ1) is 32.6. The molecule has 9 nitrogen and oxygen atoms in total. The molecule has 0 aromatic carbocycles. The van der Waals surface area contributed by atoms with Crippen LogP contribution >= 0.6 is 0 Å². The Hall–Kier alpha value is -1.39. The number of aromatic nitrogens is 3. The highest BCUT2D eigenvalue weighted by Crippen LogP contribution is 2.08. The number of carbonyl (C=O) groups excluding carboxylic acids is 1. The third-order valence-corrected chi connectivity index (χ3v) is 5.37. The number of unbranched alkanes of at least 4 members (excludes halogenated alkanes) is 2. The molecule has 1 aromatic rings. The lowest BCUT2D eigenvalue weighted by atomic mass is 10.0. The molecule has 0 fully saturated rings. The van der Waals surface area contributed by atoms with Crippen LogP contribution in [0, 0.1) is 11.8 Å². The summed E-state index contributed by atoms with van der Waals surface area (Å²) in [5, 5.41) is 8.28. The van der Waals surface area contributed by atoms with Gasteiger partial charge < -0.3 is 23.7 Å². The number of carbonyl (C=O) groups is 1. The van der Waals surface area contributed by atoms with Crippen LogP contribution in [0.25, 0.3) is 0 Å². The molecular formula is C27H51N3O6. The lowest BCUT2D eigenvalue weighted by Crippen LogP contribution is -2.13. The fourth-order valence-electron chi connectivity index (χ4n) is 3.49. The molecule has 0 aliphatic heterocycles. The number of Topliss-reactive ketones (excluding diaryl/α,β-unsaturated/α-hetero) is 1. The molecule has 210 valence electrons. The normalized spacial score (nSPS) is 11.7. The summed E-state index contributed by atoms with van der Waals surface area (Å²) in [7, 11) is 0.